The smallest absolute Gasteiger partial charge is 0.228 e. The molecule has 3 aromatic rings. The molecule has 3 nitrogen and oxygen atoms in total. The summed E-state index contributed by atoms with van der Waals surface area (Å²) in [6.45, 7) is 2.00. The summed E-state index contributed by atoms with van der Waals surface area (Å²) in [6, 6.07) is 13.8. The van der Waals surface area contributed by atoms with Crippen LogP contribution < -0.4 is 5.32 Å². The van der Waals surface area contributed by atoms with Crippen LogP contribution in [0.4, 0.5) is 5.69 Å². The minimum atomic E-state index is -0.0125. The third-order valence-electron chi connectivity index (χ3n) is 3.47. The first kappa shape index (κ1) is 13.9. The quantitative estimate of drug-likeness (QED) is 0.726. The first-order valence-electron chi connectivity index (χ1n) is 6.74. The molecule has 0 aliphatic rings. The van der Waals surface area contributed by atoms with E-state index in [0.717, 1.165) is 32.2 Å². The van der Waals surface area contributed by atoms with Crippen LogP contribution in [-0.4, -0.2) is 10.9 Å². The van der Waals surface area contributed by atoms with Crippen LogP contribution in [0.5, 0.6) is 0 Å². The summed E-state index contributed by atoms with van der Waals surface area (Å²) < 4.78 is 1.04. The highest BCUT2D eigenvalue weighted by molar-refractivity contribution is 9.10. The zero-order chi connectivity index (χ0) is 14.8. The molecule has 0 aliphatic carbocycles. The molecule has 0 aliphatic heterocycles. The Kier molecular flexibility index (Phi) is 3.80. The summed E-state index contributed by atoms with van der Waals surface area (Å²) >= 11 is 3.45. The average Bonchev–Trinajstić information content (AvgIpc) is 2.86. The van der Waals surface area contributed by atoms with E-state index in [1.165, 1.54) is 0 Å². The van der Waals surface area contributed by atoms with E-state index in [2.05, 4.69) is 26.2 Å². The molecule has 2 N–H and O–H groups in total. The summed E-state index contributed by atoms with van der Waals surface area (Å²) in [6.07, 6.45) is 2.26. The van der Waals surface area contributed by atoms with Crippen molar-refractivity contribution in [2.75, 3.05) is 5.32 Å². The van der Waals surface area contributed by atoms with E-state index in [9.17, 15) is 4.79 Å². The summed E-state index contributed by atoms with van der Waals surface area (Å²) in [7, 11) is 0. The van der Waals surface area contributed by atoms with Crippen LogP contribution in [0.1, 0.15) is 11.1 Å². The molecule has 1 aromatic heterocycles. The second-order valence-electron chi connectivity index (χ2n) is 5.05. The maximum atomic E-state index is 12.2. The Labute approximate surface area is 131 Å². The molecule has 0 unspecified atom stereocenters. The number of para-hydroxylation sites is 1. The van der Waals surface area contributed by atoms with E-state index < -0.39 is 0 Å². The van der Waals surface area contributed by atoms with Crippen LogP contribution >= 0.6 is 15.9 Å². The number of anilines is 1. The summed E-state index contributed by atoms with van der Waals surface area (Å²) in [4.78, 5) is 15.4. The number of rotatable bonds is 3. The van der Waals surface area contributed by atoms with Gasteiger partial charge in [0.15, 0.2) is 0 Å². The summed E-state index contributed by atoms with van der Waals surface area (Å²) in [5.41, 5.74) is 3.98. The molecule has 4 heteroatoms. The van der Waals surface area contributed by atoms with Crippen LogP contribution in [0.3, 0.4) is 0 Å². The maximum Gasteiger partial charge on any atom is 0.228 e. The first-order chi connectivity index (χ1) is 10.1. The van der Waals surface area contributed by atoms with Crippen molar-refractivity contribution in [3.05, 3.63) is 64.3 Å². The molecule has 3 rings (SSSR count). The van der Waals surface area contributed by atoms with Crippen molar-refractivity contribution in [2.24, 2.45) is 0 Å². The molecule has 1 amide bonds. The van der Waals surface area contributed by atoms with E-state index in [4.69, 9.17) is 0 Å². The van der Waals surface area contributed by atoms with Gasteiger partial charge in [-0.15, -0.1) is 0 Å². The molecular formula is C17H15BrN2O. The summed E-state index contributed by atoms with van der Waals surface area (Å²) in [5.74, 6) is -0.0125. The van der Waals surface area contributed by atoms with E-state index in [1.807, 2.05) is 55.6 Å². The second-order valence-corrected chi connectivity index (χ2v) is 5.90. The predicted octanol–water partition coefficient (Wildman–Crippen LogP) is 4.42. The zero-order valence-electron chi connectivity index (χ0n) is 11.6. The number of carbonyl (C=O) groups is 1. The van der Waals surface area contributed by atoms with Gasteiger partial charge >= 0.3 is 0 Å². The van der Waals surface area contributed by atoms with Crippen molar-refractivity contribution in [1.82, 2.24) is 4.98 Å². The average molecular weight is 343 g/mol. The van der Waals surface area contributed by atoms with Gasteiger partial charge in [-0.3, -0.25) is 4.79 Å². The second kappa shape index (κ2) is 5.74. The Balaban J connectivity index is 1.75. The van der Waals surface area contributed by atoms with Gasteiger partial charge in [-0.25, -0.2) is 0 Å². The highest BCUT2D eigenvalue weighted by Gasteiger charge is 2.09. The Morgan fingerprint density at radius 2 is 2.05 bits per heavy atom. The van der Waals surface area contributed by atoms with Gasteiger partial charge in [-0.1, -0.05) is 34.1 Å². The van der Waals surface area contributed by atoms with Gasteiger partial charge in [0.1, 0.15) is 0 Å². The number of benzene rings is 2. The molecule has 2 aromatic carbocycles. The SMILES string of the molecule is Cc1cc(NC(=O)Cc2c[nH]c3ccccc23)ccc1Br. The van der Waals surface area contributed by atoms with E-state index in [1.54, 1.807) is 0 Å². The Hall–Kier alpha value is -2.07. The number of carbonyl (C=O) groups excluding carboxylic acids is 1. The fraction of sp³-hybridized carbons (Fsp3) is 0.118. The molecule has 0 spiro atoms. The Morgan fingerprint density at radius 3 is 2.86 bits per heavy atom. The topological polar surface area (TPSA) is 44.9 Å². The minimum absolute atomic E-state index is 0.0125. The number of nitrogens with one attached hydrogen (secondary N) is 2. The maximum absolute atomic E-state index is 12.2. The fourth-order valence-corrected chi connectivity index (χ4v) is 2.63. The largest absolute Gasteiger partial charge is 0.361 e. The van der Waals surface area contributed by atoms with Gasteiger partial charge in [0.2, 0.25) is 5.91 Å². The summed E-state index contributed by atoms with van der Waals surface area (Å²) in [5, 5.41) is 4.04. The lowest BCUT2D eigenvalue weighted by Gasteiger charge is -2.07. The molecule has 0 bridgehead atoms. The van der Waals surface area contributed by atoms with E-state index in [-0.39, 0.29) is 5.91 Å². The highest BCUT2D eigenvalue weighted by Crippen LogP contribution is 2.21. The van der Waals surface area contributed by atoms with Crippen LogP contribution in [0, 0.1) is 6.92 Å². The van der Waals surface area contributed by atoms with Crippen molar-refractivity contribution in [3.8, 4) is 0 Å². The standard InChI is InChI=1S/C17H15BrN2O/c1-11-8-13(6-7-15(11)18)20-17(21)9-12-10-19-16-5-3-2-4-14(12)16/h2-8,10,19H,9H2,1H3,(H,20,21). The van der Waals surface area contributed by atoms with Crippen LogP contribution in [0.2, 0.25) is 0 Å². The Morgan fingerprint density at radius 1 is 1.24 bits per heavy atom. The molecule has 106 valence electrons. The first-order valence-corrected chi connectivity index (χ1v) is 7.54. The third kappa shape index (κ3) is 3.00. The van der Waals surface area contributed by atoms with Gasteiger partial charge in [-0.2, -0.15) is 0 Å². The van der Waals surface area contributed by atoms with Crippen molar-refractivity contribution in [1.29, 1.82) is 0 Å². The number of aromatic nitrogens is 1. The van der Waals surface area contributed by atoms with Crippen molar-refractivity contribution in [3.63, 3.8) is 0 Å². The van der Waals surface area contributed by atoms with Crippen molar-refractivity contribution < 1.29 is 4.79 Å². The number of halogens is 1. The van der Waals surface area contributed by atoms with Crippen LogP contribution in [0.25, 0.3) is 10.9 Å². The highest BCUT2D eigenvalue weighted by atomic mass is 79.9. The minimum Gasteiger partial charge on any atom is -0.361 e. The lowest BCUT2D eigenvalue weighted by molar-refractivity contribution is -0.115. The molecule has 0 atom stereocenters. The number of hydrogen-bond acceptors (Lipinski definition) is 1. The molecule has 1 heterocycles. The molecular weight excluding hydrogens is 328 g/mol. The lowest BCUT2D eigenvalue weighted by Crippen LogP contribution is -2.14. The van der Waals surface area contributed by atoms with Crippen LogP contribution in [0.15, 0.2) is 53.1 Å². The molecule has 21 heavy (non-hydrogen) atoms. The molecule has 0 radical (unpaired) electrons. The van der Waals surface area contributed by atoms with Crippen molar-refractivity contribution >= 4 is 38.4 Å². The zero-order valence-corrected chi connectivity index (χ0v) is 13.2. The van der Waals surface area contributed by atoms with Gasteiger partial charge < -0.3 is 10.3 Å². The number of aromatic amines is 1. The third-order valence-corrected chi connectivity index (χ3v) is 4.36. The van der Waals surface area contributed by atoms with E-state index >= 15 is 0 Å². The number of hydrogen-bond donors (Lipinski definition) is 2. The van der Waals surface area contributed by atoms with Gasteiger partial charge in [-0.05, 0) is 42.3 Å². The van der Waals surface area contributed by atoms with Crippen molar-refractivity contribution in [2.45, 2.75) is 13.3 Å². The number of aryl methyl sites for hydroxylation is 1. The van der Waals surface area contributed by atoms with Crippen LogP contribution in [-0.2, 0) is 11.2 Å². The molecule has 0 saturated carbocycles. The van der Waals surface area contributed by atoms with Gasteiger partial charge in [0, 0.05) is 27.3 Å². The number of amides is 1. The number of H-pyrrole nitrogens is 1. The van der Waals surface area contributed by atoms with Gasteiger partial charge in [0.05, 0.1) is 6.42 Å². The molecule has 0 saturated heterocycles. The predicted molar refractivity (Wildman–Crippen MR) is 89.5 cm³/mol. The van der Waals surface area contributed by atoms with E-state index in [0.29, 0.717) is 6.42 Å². The lowest BCUT2D eigenvalue weighted by atomic mass is 10.1. The normalized spacial score (nSPS) is 10.8. The molecule has 0 fully saturated rings. The number of fused-ring (bicyclic) bond motifs is 1. The monoisotopic (exact) mass is 342 g/mol. The van der Waals surface area contributed by atoms with Gasteiger partial charge in [0.25, 0.3) is 0 Å². The Bertz CT molecular complexity index is 807. The fourth-order valence-electron chi connectivity index (χ4n) is 2.38.